The Hall–Kier alpha value is -1.35. The molecule has 1 aromatic carbocycles. The first-order chi connectivity index (χ1) is 10.3. The van der Waals surface area contributed by atoms with Gasteiger partial charge in [-0.2, -0.15) is 0 Å². The zero-order valence-electron chi connectivity index (χ0n) is 12.7. The number of nitrogens with two attached hydrogens (primary N) is 1. The van der Waals surface area contributed by atoms with Crippen molar-refractivity contribution >= 4 is 5.91 Å². The average Bonchev–Trinajstić information content (AvgIpc) is 3.04. The van der Waals surface area contributed by atoms with Gasteiger partial charge in [0.1, 0.15) is 0 Å². The van der Waals surface area contributed by atoms with Crippen LogP contribution in [0.25, 0.3) is 0 Å². The van der Waals surface area contributed by atoms with E-state index in [9.17, 15) is 4.79 Å². The van der Waals surface area contributed by atoms with E-state index in [4.69, 9.17) is 5.73 Å². The summed E-state index contributed by atoms with van der Waals surface area (Å²) in [6.07, 6.45) is 5.52. The SMILES string of the molecule is NCC1CCCC1C(=O)N1CCC(c2ccccc2)CC1. The van der Waals surface area contributed by atoms with Crippen molar-refractivity contribution in [3.63, 3.8) is 0 Å². The zero-order valence-corrected chi connectivity index (χ0v) is 12.7. The van der Waals surface area contributed by atoms with E-state index >= 15 is 0 Å². The van der Waals surface area contributed by atoms with E-state index in [0.29, 0.717) is 24.3 Å². The van der Waals surface area contributed by atoms with E-state index in [2.05, 4.69) is 35.2 Å². The van der Waals surface area contributed by atoms with Crippen LogP contribution in [-0.2, 0) is 4.79 Å². The second kappa shape index (κ2) is 6.61. The van der Waals surface area contributed by atoms with Crippen LogP contribution in [0.3, 0.4) is 0 Å². The standard InChI is InChI=1S/C18H26N2O/c19-13-16-7-4-8-17(16)18(21)20-11-9-15(10-12-20)14-5-2-1-3-6-14/h1-3,5-6,15-17H,4,7-13,19H2. The van der Waals surface area contributed by atoms with E-state index in [1.54, 1.807) is 0 Å². The molecule has 2 atom stereocenters. The van der Waals surface area contributed by atoms with Crippen LogP contribution in [0.15, 0.2) is 30.3 Å². The molecule has 0 radical (unpaired) electrons. The van der Waals surface area contributed by atoms with Gasteiger partial charge in [-0.1, -0.05) is 36.8 Å². The molecule has 1 saturated heterocycles. The summed E-state index contributed by atoms with van der Waals surface area (Å²) < 4.78 is 0. The maximum Gasteiger partial charge on any atom is 0.226 e. The van der Waals surface area contributed by atoms with Crippen LogP contribution in [0.4, 0.5) is 0 Å². The van der Waals surface area contributed by atoms with Crippen LogP contribution in [0.2, 0.25) is 0 Å². The van der Waals surface area contributed by atoms with Gasteiger partial charge in [0, 0.05) is 19.0 Å². The monoisotopic (exact) mass is 286 g/mol. The van der Waals surface area contributed by atoms with Gasteiger partial charge < -0.3 is 10.6 Å². The Balaban J connectivity index is 1.57. The van der Waals surface area contributed by atoms with E-state index in [0.717, 1.165) is 38.8 Å². The molecule has 2 unspecified atom stereocenters. The minimum absolute atomic E-state index is 0.197. The summed E-state index contributed by atoms with van der Waals surface area (Å²) >= 11 is 0. The molecular formula is C18H26N2O. The lowest BCUT2D eigenvalue weighted by atomic mass is 9.88. The van der Waals surface area contributed by atoms with Crippen LogP contribution in [-0.4, -0.2) is 30.4 Å². The first-order valence-corrected chi connectivity index (χ1v) is 8.33. The fourth-order valence-electron chi connectivity index (χ4n) is 4.04. The number of hydrogen-bond acceptors (Lipinski definition) is 2. The van der Waals surface area contributed by atoms with Crippen molar-refractivity contribution in [3.05, 3.63) is 35.9 Å². The highest BCUT2D eigenvalue weighted by molar-refractivity contribution is 5.79. The van der Waals surface area contributed by atoms with Crippen molar-refractivity contribution in [1.29, 1.82) is 0 Å². The predicted octanol–water partition coefficient (Wildman–Crippen LogP) is 2.77. The van der Waals surface area contributed by atoms with Crippen LogP contribution in [0, 0.1) is 11.8 Å². The Bertz CT molecular complexity index is 465. The molecule has 0 bridgehead atoms. The molecule has 0 spiro atoms. The van der Waals surface area contributed by atoms with Gasteiger partial charge in [0.2, 0.25) is 5.91 Å². The first kappa shape index (κ1) is 14.6. The zero-order chi connectivity index (χ0) is 14.7. The van der Waals surface area contributed by atoms with Gasteiger partial charge in [-0.3, -0.25) is 4.79 Å². The number of carbonyl (C=O) groups is 1. The molecule has 1 aliphatic heterocycles. The third-order valence-corrected chi connectivity index (χ3v) is 5.36. The largest absolute Gasteiger partial charge is 0.342 e. The number of amides is 1. The molecule has 3 rings (SSSR count). The number of nitrogens with zero attached hydrogens (tertiary/aromatic N) is 1. The normalized spacial score (nSPS) is 27.0. The average molecular weight is 286 g/mol. The lowest BCUT2D eigenvalue weighted by Crippen LogP contribution is -2.43. The lowest BCUT2D eigenvalue weighted by molar-refractivity contribution is -0.137. The molecule has 2 N–H and O–H groups in total. The van der Waals surface area contributed by atoms with Crippen molar-refractivity contribution in [2.75, 3.05) is 19.6 Å². The van der Waals surface area contributed by atoms with Gasteiger partial charge in [0.05, 0.1) is 0 Å². The Morgan fingerprint density at radius 3 is 2.48 bits per heavy atom. The van der Waals surface area contributed by atoms with Crippen molar-refractivity contribution in [3.8, 4) is 0 Å². The van der Waals surface area contributed by atoms with Gasteiger partial charge in [0.25, 0.3) is 0 Å². The molecule has 1 heterocycles. The fraction of sp³-hybridized carbons (Fsp3) is 0.611. The molecule has 3 heteroatoms. The minimum Gasteiger partial charge on any atom is -0.342 e. The Morgan fingerprint density at radius 1 is 1.10 bits per heavy atom. The highest BCUT2D eigenvalue weighted by Crippen LogP contribution is 2.34. The molecule has 0 aromatic heterocycles. The van der Waals surface area contributed by atoms with E-state index < -0.39 is 0 Å². The quantitative estimate of drug-likeness (QED) is 0.928. The Kier molecular flexibility index (Phi) is 4.59. The summed E-state index contributed by atoms with van der Waals surface area (Å²) in [5, 5.41) is 0. The summed E-state index contributed by atoms with van der Waals surface area (Å²) in [6.45, 7) is 2.48. The highest BCUT2D eigenvalue weighted by Gasteiger charge is 2.35. The highest BCUT2D eigenvalue weighted by atomic mass is 16.2. The molecule has 114 valence electrons. The lowest BCUT2D eigenvalue weighted by Gasteiger charge is -2.34. The van der Waals surface area contributed by atoms with Crippen LogP contribution >= 0.6 is 0 Å². The second-order valence-corrected chi connectivity index (χ2v) is 6.54. The number of benzene rings is 1. The first-order valence-electron chi connectivity index (χ1n) is 8.33. The Morgan fingerprint density at radius 2 is 1.81 bits per heavy atom. The topological polar surface area (TPSA) is 46.3 Å². The molecule has 1 saturated carbocycles. The number of hydrogen-bond donors (Lipinski definition) is 1. The van der Waals surface area contributed by atoms with E-state index in [-0.39, 0.29) is 5.92 Å². The maximum absolute atomic E-state index is 12.7. The third-order valence-electron chi connectivity index (χ3n) is 5.36. The van der Waals surface area contributed by atoms with Crippen molar-refractivity contribution in [2.45, 2.75) is 38.0 Å². The molecule has 2 fully saturated rings. The summed E-state index contributed by atoms with van der Waals surface area (Å²) in [6, 6.07) is 10.7. The molecule has 1 aromatic rings. The van der Waals surface area contributed by atoms with Crippen LogP contribution in [0.1, 0.15) is 43.6 Å². The van der Waals surface area contributed by atoms with Crippen LogP contribution < -0.4 is 5.73 Å². The minimum atomic E-state index is 0.197. The molecular weight excluding hydrogens is 260 g/mol. The van der Waals surface area contributed by atoms with Crippen molar-refractivity contribution in [2.24, 2.45) is 17.6 Å². The van der Waals surface area contributed by atoms with Crippen LogP contribution in [0.5, 0.6) is 0 Å². The third kappa shape index (κ3) is 3.13. The van der Waals surface area contributed by atoms with Gasteiger partial charge >= 0.3 is 0 Å². The van der Waals surface area contributed by atoms with Gasteiger partial charge in [-0.05, 0) is 49.6 Å². The molecule has 21 heavy (non-hydrogen) atoms. The summed E-state index contributed by atoms with van der Waals surface area (Å²) in [5.74, 6) is 1.60. The van der Waals surface area contributed by atoms with Crippen molar-refractivity contribution < 1.29 is 4.79 Å². The molecule has 1 amide bonds. The Labute approximate surface area is 127 Å². The van der Waals surface area contributed by atoms with Crippen molar-refractivity contribution in [1.82, 2.24) is 4.90 Å². The fourth-order valence-corrected chi connectivity index (χ4v) is 4.04. The van der Waals surface area contributed by atoms with Gasteiger partial charge in [-0.15, -0.1) is 0 Å². The number of carbonyl (C=O) groups excluding carboxylic acids is 1. The second-order valence-electron chi connectivity index (χ2n) is 6.54. The predicted molar refractivity (Wildman–Crippen MR) is 84.9 cm³/mol. The maximum atomic E-state index is 12.7. The molecule has 2 aliphatic rings. The smallest absolute Gasteiger partial charge is 0.226 e. The number of rotatable bonds is 3. The van der Waals surface area contributed by atoms with E-state index in [1.807, 2.05) is 0 Å². The number of piperidine rings is 1. The molecule has 1 aliphatic carbocycles. The van der Waals surface area contributed by atoms with Gasteiger partial charge in [0.15, 0.2) is 0 Å². The summed E-state index contributed by atoms with van der Waals surface area (Å²) in [7, 11) is 0. The summed E-state index contributed by atoms with van der Waals surface area (Å²) in [5.41, 5.74) is 7.24. The van der Waals surface area contributed by atoms with E-state index in [1.165, 1.54) is 12.0 Å². The number of likely N-dealkylation sites (tertiary alicyclic amines) is 1. The van der Waals surface area contributed by atoms with Gasteiger partial charge in [-0.25, -0.2) is 0 Å². The molecule has 3 nitrogen and oxygen atoms in total. The summed E-state index contributed by atoms with van der Waals surface area (Å²) in [4.78, 5) is 14.8.